The fourth-order valence-electron chi connectivity index (χ4n) is 8.61. The van der Waals surface area contributed by atoms with Gasteiger partial charge in [-0.3, -0.25) is 4.79 Å². The highest BCUT2D eigenvalue weighted by Crippen LogP contribution is 2.55. The Morgan fingerprint density at radius 2 is 0.554 bits per heavy atom. The summed E-state index contributed by atoms with van der Waals surface area (Å²) in [6.07, 6.45) is -6.80. The summed E-state index contributed by atoms with van der Waals surface area (Å²) in [5.74, 6) is -71.3. The first kappa shape index (κ1) is 54.6. The molecule has 0 spiro atoms. The topological polar surface area (TPSA) is 17.1 Å². The average Bonchev–Trinajstić information content (AvgIpc) is 3.41. The number of carbonyl (C=O) groups is 1. The number of ketones is 1. The Morgan fingerprint density at radius 1 is 0.324 bits per heavy atom. The quantitative estimate of drug-likeness (QED) is 0.0333. The molecule has 0 aliphatic carbocycles. The van der Waals surface area contributed by atoms with E-state index in [-0.39, 0.29) is 5.78 Å². The van der Waals surface area contributed by atoms with Gasteiger partial charge in [0, 0.05) is 10.6 Å². The van der Waals surface area contributed by atoms with E-state index in [0.29, 0.717) is 16.7 Å². The van der Waals surface area contributed by atoms with Gasteiger partial charge in [0.05, 0.1) is 0 Å². The van der Waals surface area contributed by atoms with Gasteiger partial charge in [0.25, 0.3) is 0 Å². The number of halogens is 21. The van der Waals surface area contributed by atoms with E-state index in [1.165, 1.54) is 15.9 Å². The van der Waals surface area contributed by atoms with Gasteiger partial charge >= 0.3 is 0 Å². The first-order chi connectivity index (χ1) is 34.9. The lowest BCUT2D eigenvalue weighted by atomic mass is 9.12. The fourth-order valence-corrected chi connectivity index (χ4v) is 12.9. The Hall–Kier alpha value is -7.19. The predicted octanol–water partition coefficient (Wildman–Crippen LogP) is 11.4. The van der Waals surface area contributed by atoms with Gasteiger partial charge in [0.2, 0.25) is 5.78 Å². The maximum absolute atomic E-state index is 15.4. The third kappa shape index (κ3) is 8.74. The second kappa shape index (κ2) is 21.0. The number of Topliss-reactive ketones (excluding diaryl/α,β-unsaturated/α-hetero) is 1. The third-order valence-electron chi connectivity index (χ3n) is 11.8. The van der Waals surface area contributed by atoms with E-state index < -0.39 is 152 Å². The van der Waals surface area contributed by atoms with Crippen molar-refractivity contribution in [1.29, 1.82) is 0 Å². The standard InChI is InChI=1S/C26H21ClOP.C24BF20/c27-22-12-10-11-21(19-22)26(28)20-29(23-13-4-1-5-14-23,24-15-6-2-7-16-24)25-17-8-3-9-18-25;26-5-1(6(27)14(35)21(42)13(5)34)25(2-7(28)15(36)22(43)16(37)8(2)29,3-9(30)17(38)23(44)18(39)10(3)31)4-11(32)19(40)24(45)20(41)12(4)33/h1-19H,20H2;/q+1;-1. The van der Waals surface area contributed by atoms with Gasteiger partial charge in [-0.05, 0) is 48.5 Å². The summed E-state index contributed by atoms with van der Waals surface area (Å²) in [5.41, 5.74) is -13.7. The van der Waals surface area contributed by atoms with Crippen LogP contribution in [0.4, 0.5) is 87.8 Å². The molecular formula is C50H21BClF20OP. The van der Waals surface area contributed by atoms with Crippen molar-refractivity contribution in [2.45, 2.75) is 0 Å². The number of hydrogen-bond acceptors (Lipinski definition) is 1. The van der Waals surface area contributed by atoms with Crippen molar-refractivity contribution in [3.63, 3.8) is 0 Å². The van der Waals surface area contributed by atoms with Crippen molar-refractivity contribution in [3.05, 3.63) is 242 Å². The number of rotatable bonds is 10. The summed E-state index contributed by atoms with van der Waals surface area (Å²) < 4.78 is 294. The van der Waals surface area contributed by atoms with E-state index in [1.54, 1.807) is 12.1 Å². The Bertz CT molecular complexity index is 3040. The second-order valence-corrected chi connectivity index (χ2v) is 19.6. The first-order valence-corrected chi connectivity index (χ1v) is 22.8. The summed E-state index contributed by atoms with van der Waals surface area (Å²) >= 11 is 6.17. The predicted molar refractivity (Wildman–Crippen MR) is 235 cm³/mol. The molecule has 0 N–H and O–H groups in total. The molecule has 0 heterocycles. The van der Waals surface area contributed by atoms with E-state index in [1.807, 2.05) is 30.3 Å². The van der Waals surface area contributed by atoms with E-state index >= 15 is 35.1 Å². The molecule has 0 saturated heterocycles. The molecule has 8 aromatic rings. The Labute approximate surface area is 408 Å². The molecular weight excluding hydrogens is 1070 g/mol. The summed E-state index contributed by atoms with van der Waals surface area (Å²) in [5, 5.41) is 4.19. The summed E-state index contributed by atoms with van der Waals surface area (Å²) in [4.78, 5) is 13.5. The zero-order valence-electron chi connectivity index (χ0n) is 36.0. The van der Waals surface area contributed by atoms with Crippen LogP contribution in [-0.2, 0) is 0 Å². The molecule has 74 heavy (non-hydrogen) atoms. The summed E-state index contributed by atoms with van der Waals surface area (Å²) in [6, 6.07) is 38.6. The van der Waals surface area contributed by atoms with Crippen LogP contribution in [0.5, 0.6) is 0 Å². The van der Waals surface area contributed by atoms with Crippen LogP contribution >= 0.6 is 18.9 Å². The highest BCUT2D eigenvalue weighted by molar-refractivity contribution is 7.96. The molecule has 0 bridgehead atoms. The molecule has 0 aliphatic heterocycles. The lowest BCUT2D eigenvalue weighted by Gasteiger charge is -2.44. The average molecular weight is 1090 g/mol. The molecule has 0 aliphatic rings. The smallest absolute Gasteiger partial charge is 0.201 e. The monoisotopic (exact) mass is 1090 g/mol. The van der Waals surface area contributed by atoms with Crippen LogP contribution in [0.2, 0.25) is 5.02 Å². The largest absolute Gasteiger partial charge is 0.290 e. The maximum Gasteiger partial charge on any atom is 0.201 e. The van der Waals surface area contributed by atoms with Crippen molar-refractivity contribution < 1.29 is 92.6 Å². The van der Waals surface area contributed by atoms with Crippen molar-refractivity contribution in [2.24, 2.45) is 0 Å². The van der Waals surface area contributed by atoms with Crippen LogP contribution in [0, 0.1) is 116 Å². The molecule has 0 unspecified atom stereocenters. The van der Waals surface area contributed by atoms with Gasteiger partial charge in [-0.15, -0.1) is 21.9 Å². The highest BCUT2D eigenvalue weighted by atomic mass is 35.5. The van der Waals surface area contributed by atoms with Crippen molar-refractivity contribution in [3.8, 4) is 0 Å². The van der Waals surface area contributed by atoms with Gasteiger partial charge in [-0.25, -0.2) is 87.8 Å². The molecule has 0 aromatic heterocycles. The van der Waals surface area contributed by atoms with Crippen molar-refractivity contribution >= 4 is 68.6 Å². The maximum atomic E-state index is 15.4. The normalized spacial score (nSPS) is 11.7. The summed E-state index contributed by atoms with van der Waals surface area (Å²) in [7, 11) is -2.18. The van der Waals surface area contributed by atoms with Gasteiger partial charge in [-0.1, -0.05) is 78.3 Å². The molecule has 24 heteroatoms. The third-order valence-corrected chi connectivity index (χ3v) is 16.4. The van der Waals surface area contributed by atoms with Crippen LogP contribution in [0.1, 0.15) is 10.4 Å². The van der Waals surface area contributed by atoms with Gasteiger partial charge in [0.15, 0.2) is 69.8 Å². The van der Waals surface area contributed by atoms with E-state index in [0.717, 1.165) is 0 Å². The van der Waals surface area contributed by atoms with Gasteiger partial charge in [-0.2, -0.15) is 0 Å². The van der Waals surface area contributed by atoms with Gasteiger partial charge in [0.1, 0.15) is 82.0 Å². The van der Waals surface area contributed by atoms with Crippen LogP contribution < -0.4 is 37.8 Å². The molecule has 382 valence electrons. The molecule has 8 rings (SSSR count). The number of carbonyl (C=O) groups excluding carboxylic acids is 1. The Morgan fingerprint density at radius 3 is 0.784 bits per heavy atom. The molecule has 0 atom stereocenters. The van der Waals surface area contributed by atoms with Gasteiger partial charge < -0.3 is 0 Å². The zero-order valence-corrected chi connectivity index (χ0v) is 37.7. The van der Waals surface area contributed by atoms with E-state index in [9.17, 15) is 57.5 Å². The Balaban J connectivity index is 0.000000237. The minimum absolute atomic E-state index is 0.109. The minimum atomic E-state index is -7.22. The zero-order chi connectivity index (χ0) is 54.5. The lowest BCUT2D eigenvalue weighted by molar-refractivity contribution is 0.102. The highest BCUT2D eigenvalue weighted by Gasteiger charge is 2.53. The van der Waals surface area contributed by atoms with Crippen molar-refractivity contribution in [1.82, 2.24) is 0 Å². The van der Waals surface area contributed by atoms with Crippen LogP contribution in [0.25, 0.3) is 0 Å². The molecule has 0 fully saturated rings. The van der Waals surface area contributed by atoms with Crippen LogP contribution in [0.15, 0.2) is 115 Å². The molecule has 0 amide bonds. The lowest BCUT2D eigenvalue weighted by Crippen LogP contribution is -2.81. The Kier molecular flexibility index (Phi) is 15.5. The van der Waals surface area contributed by atoms with Crippen LogP contribution in [-0.4, -0.2) is 18.1 Å². The molecule has 1 nitrogen and oxygen atoms in total. The van der Waals surface area contributed by atoms with Crippen LogP contribution in [0.3, 0.4) is 0 Å². The molecule has 8 aromatic carbocycles. The summed E-state index contributed by atoms with van der Waals surface area (Å²) in [6.45, 7) is 0. The minimum Gasteiger partial charge on any atom is -0.290 e. The first-order valence-electron chi connectivity index (χ1n) is 20.5. The molecule has 0 radical (unpaired) electrons. The SMILES string of the molecule is Fc1c(F)c(F)c([B-](c2c(F)c(F)c(F)c(F)c2F)(c2c(F)c(F)c(F)c(F)c2F)c2c(F)c(F)c(F)c(F)c2F)c(F)c1F.O=C(C[P+](c1ccccc1)(c1ccccc1)c1ccccc1)c1cccc(Cl)c1. The molecule has 0 saturated carbocycles. The fraction of sp³-hybridized carbons (Fsp3) is 0.0200. The van der Waals surface area contributed by atoms with E-state index in [4.69, 9.17) is 11.6 Å². The van der Waals surface area contributed by atoms with E-state index in [2.05, 4.69) is 72.8 Å². The number of hydrogen-bond donors (Lipinski definition) is 0. The second-order valence-electron chi connectivity index (χ2n) is 15.7. The number of benzene rings is 8. The van der Waals surface area contributed by atoms with Crippen molar-refractivity contribution in [2.75, 3.05) is 6.16 Å².